The van der Waals surface area contributed by atoms with Crippen LogP contribution in [0.5, 0.6) is 0 Å². The molecule has 1 fully saturated rings. The Kier molecular flexibility index (Phi) is 4.93. The fraction of sp³-hybridized carbons (Fsp3) is 0.500. The largest absolute Gasteiger partial charge is 0.465 e. The van der Waals surface area contributed by atoms with Gasteiger partial charge in [0.15, 0.2) is 0 Å². The van der Waals surface area contributed by atoms with Gasteiger partial charge in [0.05, 0.1) is 12.4 Å². The third kappa shape index (κ3) is 3.40. The van der Waals surface area contributed by atoms with Crippen LogP contribution in [0.15, 0.2) is 12.1 Å². The highest BCUT2D eigenvalue weighted by Crippen LogP contribution is 2.41. The highest BCUT2D eigenvalue weighted by atomic mass is 32.2. The summed E-state index contributed by atoms with van der Waals surface area (Å²) in [7, 11) is 0. The van der Waals surface area contributed by atoms with Crippen LogP contribution in [0, 0.1) is 20.8 Å². The van der Waals surface area contributed by atoms with Gasteiger partial charge in [-0.3, -0.25) is 9.59 Å². The summed E-state index contributed by atoms with van der Waals surface area (Å²) in [6.07, 6.45) is 0. The first-order valence-corrected chi connectivity index (χ1v) is 8.13. The highest BCUT2D eigenvalue weighted by molar-refractivity contribution is 8.00. The molecule has 1 amide bonds. The van der Waals surface area contributed by atoms with E-state index in [-0.39, 0.29) is 23.8 Å². The molecule has 114 valence electrons. The molecule has 0 radical (unpaired) electrons. The van der Waals surface area contributed by atoms with Gasteiger partial charge < -0.3 is 9.64 Å². The predicted octanol–water partition coefficient (Wildman–Crippen LogP) is 2.75. The molecule has 1 heterocycles. The molecule has 21 heavy (non-hydrogen) atoms. The van der Waals surface area contributed by atoms with Crippen molar-refractivity contribution in [3.8, 4) is 0 Å². The lowest BCUT2D eigenvalue weighted by molar-refractivity contribution is -0.148. The van der Waals surface area contributed by atoms with E-state index < -0.39 is 0 Å². The van der Waals surface area contributed by atoms with Gasteiger partial charge in [0.25, 0.3) is 0 Å². The maximum Gasteiger partial charge on any atom is 0.325 e. The lowest BCUT2D eigenvalue weighted by atomic mass is 9.99. The minimum atomic E-state index is -0.347. The first-order valence-electron chi connectivity index (χ1n) is 7.08. The number of aryl methyl sites for hydroxylation is 3. The molecule has 0 aromatic heterocycles. The lowest BCUT2D eigenvalue weighted by Crippen LogP contribution is -2.34. The molecule has 0 saturated carbocycles. The Bertz CT molecular complexity index is 548. The van der Waals surface area contributed by atoms with Gasteiger partial charge in [0, 0.05) is 0 Å². The molecule has 1 aromatic rings. The molecule has 4 nitrogen and oxygen atoms in total. The van der Waals surface area contributed by atoms with E-state index >= 15 is 0 Å². The van der Waals surface area contributed by atoms with Gasteiger partial charge in [-0.1, -0.05) is 17.7 Å². The van der Waals surface area contributed by atoms with Crippen LogP contribution in [0.25, 0.3) is 0 Å². The Morgan fingerprint density at radius 2 is 1.95 bits per heavy atom. The Morgan fingerprint density at radius 1 is 1.33 bits per heavy atom. The summed E-state index contributed by atoms with van der Waals surface area (Å²) in [5, 5.41) is -0.0949. The number of thioether (sulfide) groups is 1. The molecule has 1 aliphatic rings. The summed E-state index contributed by atoms with van der Waals surface area (Å²) < 4.78 is 4.97. The number of nitrogens with zero attached hydrogens (tertiary/aromatic N) is 1. The molecule has 1 unspecified atom stereocenters. The fourth-order valence-corrected chi connectivity index (χ4v) is 4.17. The van der Waals surface area contributed by atoms with E-state index in [1.807, 2.05) is 0 Å². The standard InChI is InChI=1S/C16H21NO3S/c1-5-20-14(19)8-17-13(18)9-21-16(17)15-11(3)6-10(2)7-12(15)4/h6-7,16H,5,8-9H2,1-4H3. The zero-order chi connectivity index (χ0) is 15.6. The number of benzene rings is 1. The Labute approximate surface area is 129 Å². The molecular formula is C16H21NO3S. The minimum absolute atomic E-state index is 0.00238. The molecule has 1 aliphatic heterocycles. The van der Waals surface area contributed by atoms with E-state index in [9.17, 15) is 9.59 Å². The van der Waals surface area contributed by atoms with Crippen molar-refractivity contribution in [1.82, 2.24) is 4.90 Å². The number of hydrogen-bond donors (Lipinski definition) is 0. The van der Waals surface area contributed by atoms with E-state index in [4.69, 9.17) is 4.74 Å². The van der Waals surface area contributed by atoms with Gasteiger partial charge in [-0.05, 0) is 44.4 Å². The van der Waals surface area contributed by atoms with Crippen LogP contribution >= 0.6 is 11.8 Å². The molecule has 2 rings (SSSR count). The van der Waals surface area contributed by atoms with Crippen molar-refractivity contribution in [2.24, 2.45) is 0 Å². The second-order valence-corrected chi connectivity index (χ2v) is 6.37. The van der Waals surface area contributed by atoms with Gasteiger partial charge in [-0.25, -0.2) is 0 Å². The van der Waals surface area contributed by atoms with E-state index in [1.165, 1.54) is 5.56 Å². The molecule has 5 heteroatoms. The van der Waals surface area contributed by atoms with Crippen LogP contribution in [0.1, 0.15) is 34.6 Å². The highest BCUT2D eigenvalue weighted by Gasteiger charge is 2.35. The normalized spacial score (nSPS) is 18.2. The molecular weight excluding hydrogens is 286 g/mol. The third-order valence-electron chi connectivity index (χ3n) is 3.56. The third-order valence-corrected chi connectivity index (χ3v) is 4.78. The van der Waals surface area contributed by atoms with Crippen molar-refractivity contribution in [2.75, 3.05) is 18.9 Å². The Morgan fingerprint density at radius 3 is 2.52 bits per heavy atom. The average Bonchev–Trinajstić information content (AvgIpc) is 2.71. The lowest BCUT2D eigenvalue weighted by Gasteiger charge is -2.26. The van der Waals surface area contributed by atoms with Crippen molar-refractivity contribution in [2.45, 2.75) is 33.1 Å². The van der Waals surface area contributed by atoms with Gasteiger partial charge in [0.1, 0.15) is 11.9 Å². The number of ether oxygens (including phenoxy) is 1. The summed E-state index contributed by atoms with van der Waals surface area (Å²) in [5.41, 5.74) is 4.67. The second kappa shape index (κ2) is 6.52. The zero-order valence-electron chi connectivity index (χ0n) is 12.9. The molecule has 0 bridgehead atoms. The smallest absolute Gasteiger partial charge is 0.325 e. The molecule has 0 N–H and O–H groups in total. The first-order chi connectivity index (χ1) is 9.93. The number of rotatable bonds is 4. The summed E-state index contributed by atoms with van der Waals surface area (Å²) in [6, 6.07) is 4.24. The number of esters is 1. The van der Waals surface area contributed by atoms with Crippen LogP contribution in [-0.2, 0) is 14.3 Å². The van der Waals surface area contributed by atoms with E-state index in [0.717, 1.165) is 16.7 Å². The Hall–Kier alpha value is -1.49. The van der Waals surface area contributed by atoms with E-state index in [0.29, 0.717) is 12.4 Å². The number of carbonyl (C=O) groups excluding carboxylic acids is 2. The van der Waals surface area contributed by atoms with Crippen molar-refractivity contribution in [3.63, 3.8) is 0 Å². The quantitative estimate of drug-likeness (QED) is 0.803. The number of hydrogen-bond acceptors (Lipinski definition) is 4. The average molecular weight is 307 g/mol. The van der Waals surface area contributed by atoms with Crippen LogP contribution in [0.3, 0.4) is 0 Å². The molecule has 0 aliphatic carbocycles. The SMILES string of the molecule is CCOC(=O)CN1C(=O)CSC1c1c(C)cc(C)cc1C. The van der Waals surface area contributed by atoms with Gasteiger partial charge in [-0.15, -0.1) is 11.8 Å². The topological polar surface area (TPSA) is 46.6 Å². The van der Waals surface area contributed by atoms with E-state index in [2.05, 4.69) is 32.9 Å². The summed E-state index contributed by atoms with van der Waals surface area (Å²) in [4.78, 5) is 25.4. The van der Waals surface area contributed by atoms with Crippen LogP contribution in [0.2, 0.25) is 0 Å². The predicted molar refractivity (Wildman–Crippen MR) is 84.2 cm³/mol. The maximum absolute atomic E-state index is 12.1. The fourth-order valence-electron chi connectivity index (χ4n) is 2.79. The maximum atomic E-state index is 12.1. The van der Waals surface area contributed by atoms with Gasteiger partial charge >= 0.3 is 5.97 Å². The van der Waals surface area contributed by atoms with Crippen LogP contribution in [-0.4, -0.2) is 35.7 Å². The van der Waals surface area contributed by atoms with Crippen molar-refractivity contribution < 1.29 is 14.3 Å². The molecule has 1 atom stereocenters. The van der Waals surface area contributed by atoms with Crippen LogP contribution < -0.4 is 0 Å². The minimum Gasteiger partial charge on any atom is -0.465 e. The van der Waals surface area contributed by atoms with Crippen molar-refractivity contribution >= 4 is 23.6 Å². The summed E-state index contributed by atoms with van der Waals surface area (Å²) in [5.74, 6) is 0.0646. The van der Waals surface area contributed by atoms with Gasteiger partial charge in [0.2, 0.25) is 5.91 Å². The van der Waals surface area contributed by atoms with Gasteiger partial charge in [-0.2, -0.15) is 0 Å². The van der Waals surface area contributed by atoms with Crippen LogP contribution in [0.4, 0.5) is 0 Å². The second-order valence-electron chi connectivity index (χ2n) is 5.30. The molecule has 1 aromatic carbocycles. The summed E-state index contributed by atoms with van der Waals surface area (Å²) >= 11 is 1.57. The van der Waals surface area contributed by atoms with E-state index in [1.54, 1.807) is 23.6 Å². The number of amides is 1. The summed E-state index contributed by atoms with van der Waals surface area (Å²) in [6.45, 7) is 8.30. The number of carbonyl (C=O) groups is 2. The first kappa shape index (κ1) is 15.9. The molecule has 0 spiro atoms. The van der Waals surface area contributed by atoms with Crippen molar-refractivity contribution in [1.29, 1.82) is 0 Å². The Balaban J connectivity index is 2.30. The van der Waals surface area contributed by atoms with Crippen molar-refractivity contribution in [3.05, 3.63) is 34.4 Å². The molecule has 1 saturated heterocycles. The monoisotopic (exact) mass is 307 g/mol. The zero-order valence-corrected chi connectivity index (χ0v) is 13.8.